The largest absolute Gasteiger partial charge is 0.466 e. The number of ether oxygens (including phenoxy) is 1. The van der Waals surface area contributed by atoms with Crippen LogP contribution in [0.3, 0.4) is 0 Å². The highest BCUT2D eigenvalue weighted by Crippen LogP contribution is 2.25. The van der Waals surface area contributed by atoms with Crippen molar-refractivity contribution in [3.05, 3.63) is 71.8 Å². The Morgan fingerprint density at radius 1 is 0.964 bits per heavy atom. The normalized spacial score (nSPS) is 12.8. The van der Waals surface area contributed by atoms with Crippen molar-refractivity contribution in [3.8, 4) is 0 Å². The van der Waals surface area contributed by atoms with Crippen LogP contribution in [0.4, 0.5) is 0 Å². The van der Waals surface area contributed by atoms with Crippen LogP contribution in [-0.2, 0) is 19.1 Å². The Kier molecular flexibility index (Phi) is 7.75. The third-order valence-corrected chi connectivity index (χ3v) is 4.47. The van der Waals surface area contributed by atoms with Crippen LogP contribution < -0.4 is 11.1 Å². The van der Waals surface area contributed by atoms with Crippen LogP contribution in [0.1, 0.15) is 37.3 Å². The van der Waals surface area contributed by atoms with Gasteiger partial charge >= 0.3 is 5.97 Å². The molecule has 2 amide bonds. The highest BCUT2D eigenvalue weighted by atomic mass is 16.5. The monoisotopic (exact) mass is 382 g/mol. The zero-order chi connectivity index (χ0) is 20.5. The van der Waals surface area contributed by atoms with E-state index in [0.717, 1.165) is 11.1 Å². The zero-order valence-corrected chi connectivity index (χ0v) is 16.1. The van der Waals surface area contributed by atoms with Crippen LogP contribution in [0.5, 0.6) is 0 Å². The molecule has 2 aromatic rings. The third kappa shape index (κ3) is 5.67. The van der Waals surface area contributed by atoms with Gasteiger partial charge in [0.25, 0.3) is 0 Å². The number of benzene rings is 2. The first-order valence-electron chi connectivity index (χ1n) is 9.30. The van der Waals surface area contributed by atoms with Crippen LogP contribution in [0.15, 0.2) is 60.7 Å². The molecule has 2 rings (SSSR count). The van der Waals surface area contributed by atoms with Crippen LogP contribution in [0, 0.1) is 5.92 Å². The maximum absolute atomic E-state index is 13.1. The van der Waals surface area contributed by atoms with Gasteiger partial charge in [0, 0.05) is 0 Å². The lowest BCUT2D eigenvalue weighted by molar-refractivity contribution is -0.148. The number of esters is 1. The summed E-state index contributed by atoms with van der Waals surface area (Å²) in [4.78, 5) is 36.9. The molecule has 0 saturated heterocycles. The summed E-state index contributed by atoms with van der Waals surface area (Å²) in [7, 11) is 0. The molecule has 3 N–H and O–H groups in total. The van der Waals surface area contributed by atoms with Gasteiger partial charge in [-0.05, 0) is 24.5 Å². The molecule has 0 aliphatic rings. The molecule has 0 unspecified atom stereocenters. The second-order valence-corrected chi connectivity index (χ2v) is 6.61. The number of hydrogen-bond donors (Lipinski definition) is 2. The molecular weight excluding hydrogens is 356 g/mol. The topological polar surface area (TPSA) is 98.5 Å². The van der Waals surface area contributed by atoms with Gasteiger partial charge in [0.15, 0.2) is 0 Å². The Morgan fingerprint density at radius 3 is 1.89 bits per heavy atom. The van der Waals surface area contributed by atoms with Gasteiger partial charge in [-0.15, -0.1) is 0 Å². The van der Waals surface area contributed by atoms with E-state index in [1.807, 2.05) is 60.7 Å². The van der Waals surface area contributed by atoms with Crippen molar-refractivity contribution in [2.45, 2.75) is 32.2 Å². The molecule has 6 heteroatoms. The molecule has 2 aromatic carbocycles. The lowest BCUT2D eigenvalue weighted by Crippen LogP contribution is -2.47. The predicted molar refractivity (Wildman–Crippen MR) is 106 cm³/mol. The van der Waals surface area contributed by atoms with Crippen molar-refractivity contribution in [1.29, 1.82) is 0 Å². The van der Waals surface area contributed by atoms with Gasteiger partial charge in [-0.25, -0.2) is 0 Å². The molecule has 0 aromatic heterocycles. The number of rotatable bonds is 9. The van der Waals surface area contributed by atoms with Crippen molar-refractivity contribution >= 4 is 17.8 Å². The minimum atomic E-state index is -0.971. The molecule has 0 radical (unpaired) electrons. The van der Waals surface area contributed by atoms with Crippen molar-refractivity contribution < 1.29 is 19.1 Å². The van der Waals surface area contributed by atoms with E-state index >= 15 is 0 Å². The van der Waals surface area contributed by atoms with Crippen LogP contribution >= 0.6 is 0 Å². The average molecular weight is 382 g/mol. The summed E-state index contributed by atoms with van der Waals surface area (Å²) >= 11 is 0. The number of primary amides is 1. The van der Waals surface area contributed by atoms with E-state index in [2.05, 4.69) is 5.32 Å². The summed E-state index contributed by atoms with van der Waals surface area (Å²) in [5.41, 5.74) is 7.08. The van der Waals surface area contributed by atoms with Gasteiger partial charge in [0.05, 0.1) is 18.4 Å². The fraction of sp³-hybridized carbons (Fsp3) is 0.318. The Hall–Kier alpha value is -3.15. The van der Waals surface area contributed by atoms with Crippen LogP contribution in [0.2, 0.25) is 0 Å². The van der Waals surface area contributed by atoms with Crippen molar-refractivity contribution in [3.63, 3.8) is 0 Å². The smallest absolute Gasteiger partial charge is 0.308 e. The first-order chi connectivity index (χ1) is 13.4. The first-order valence-corrected chi connectivity index (χ1v) is 9.30. The van der Waals surface area contributed by atoms with E-state index in [1.54, 1.807) is 13.8 Å². The Labute approximate surface area is 165 Å². The number of nitrogens with one attached hydrogen (secondary N) is 1. The number of amides is 2. The van der Waals surface area contributed by atoms with Gasteiger partial charge < -0.3 is 15.8 Å². The van der Waals surface area contributed by atoms with Crippen molar-refractivity contribution in [2.24, 2.45) is 11.7 Å². The number of hydrogen-bond acceptors (Lipinski definition) is 4. The van der Waals surface area contributed by atoms with Crippen molar-refractivity contribution in [1.82, 2.24) is 5.32 Å². The maximum atomic E-state index is 13.1. The van der Waals surface area contributed by atoms with Crippen LogP contribution in [-0.4, -0.2) is 30.4 Å². The minimum absolute atomic E-state index is 0.0796. The summed E-state index contributed by atoms with van der Waals surface area (Å²) in [6.45, 7) is 3.61. The molecule has 0 bridgehead atoms. The van der Waals surface area contributed by atoms with Gasteiger partial charge in [0.1, 0.15) is 6.04 Å². The van der Waals surface area contributed by atoms with E-state index in [0.29, 0.717) is 0 Å². The van der Waals surface area contributed by atoms with Gasteiger partial charge in [-0.1, -0.05) is 67.6 Å². The standard InChI is InChI=1S/C22H26N2O4/c1-3-28-22(27)15(2)14-18(20(23)25)24-21(26)19(16-10-6-4-7-11-16)17-12-8-5-9-13-17/h4-13,15,18-19H,3,14H2,1-2H3,(H2,23,25)(H,24,26)/t15-,18-/m0/s1. The number of nitrogens with two attached hydrogens (primary N) is 1. The zero-order valence-electron chi connectivity index (χ0n) is 16.1. The highest BCUT2D eigenvalue weighted by Gasteiger charge is 2.29. The molecule has 0 spiro atoms. The minimum Gasteiger partial charge on any atom is -0.466 e. The van der Waals surface area contributed by atoms with E-state index in [1.165, 1.54) is 0 Å². The van der Waals surface area contributed by atoms with Gasteiger partial charge in [-0.2, -0.15) is 0 Å². The van der Waals surface area contributed by atoms with Crippen molar-refractivity contribution in [2.75, 3.05) is 6.61 Å². The highest BCUT2D eigenvalue weighted by molar-refractivity contribution is 5.92. The Bertz CT molecular complexity index is 753. The molecular formula is C22H26N2O4. The van der Waals surface area contributed by atoms with E-state index < -0.39 is 29.8 Å². The van der Waals surface area contributed by atoms with Gasteiger partial charge in [0.2, 0.25) is 11.8 Å². The van der Waals surface area contributed by atoms with E-state index in [9.17, 15) is 14.4 Å². The summed E-state index contributed by atoms with van der Waals surface area (Å²) in [5.74, 6) is -2.63. The molecule has 0 heterocycles. The quantitative estimate of drug-likeness (QED) is 0.651. The lowest BCUT2D eigenvalue weighted by atomic mass is 9.90. The predicted octanol–water partition coefficient (Wildman–Crippen LogP) is 2.38. The fourth-order valence-electron chi connectivity index (χ4n) is 3.02. The molecule has 0 saturated carbocycles. The molecule has 2 atom stereocenters. The lowest BCUT2D eigenvalue weighted by Gasteiger charge is -2.23. The third-order valence-electron chi connectivity index (χ3n) is 4.47. The Balaban J connectivity index is 2.23. The fourth-order valence-corrected chi connectivity index (χ4v) is 3.02. The summed E-state index contributed by atoms with van der Waals surface area (Å²) in [6.07, 6.45) is 0.0796. The molecule has 0 fully saturated rings. The second kappa shape index (κ2) is 10.3. The molecule has 148 valence electrons. The second-order valence-electron chi connectivity index (χ2n) is 6.61. The molecule has 28 heavy (non-hydrogen) atoms. The number of carbonyl (C=O) groups excluding carboxylic acids is 3. The van der Waals surface area contributed by atoms with Crippen LogP contribution in [0.25, 0.3) is 0 Å². The summed E-state index contributed by atoms with van der Waals surface area (Å²) in [5, 5.41) is 2.72. The summed E-state index contributed by atoms with van der Waals surface area (Å²) in [6, 6.07) is 17.6. The average Bonchev–Trinajstić information content (AvgIpc) is 2.69. The molecule has 0 aliphatic heterocycles. The molecule has 6 nitrogen and oxygen atoms in total. The van der Waals surface area contributed by atoms with E-state index in [4.69, 9.17) is 10.5 Å². The summed E-state index contributed by atoms with van der Waals surface area (Å²) < 4.78 is 4.97. The maximum Gasteiger partial charge on any atom is 0.308 e. The van der Waals surface area contributed by atoms with Gasteiger partial charge in [-0.3, -0.25) is 14.4 Å². The number of carbonyl (C=O) groups is 3. The first kappa shape index (κ1) is 21.2. The SMILES string of the molecule is CCOC(=O)[C@@H](C)C[C@H](NC(=O)C(c1ccccc1)c1ccccc1)C(N)=O. The van der Waals surface area contributed by atoms with E-state index in [-0.39, 0.29) is 18.9 Å². The Morgan fingerprint density at radius 2 is 1.46 bits per heavy atom. The molecule has 0 aliphatic carbocycles.